The number of thiazole rings is 1. The fraction of sp³-hybridized carbons (Fsp3) is 0.476. The van der Waals surface area contributed by atoms with Crippen molar-refractivity contribution < 1.29 is 18.3 Å². The van der Waals surface area contributed by atoms with Crippen molar-refractivity contribution in [1.29, 1.82) is 5.26 Å². The van der Waals surface area contributed by atoms with Crippen LogP contribution in [0.2, 0.25) is 0 Å². The fourth-order valence-corrected chi connectivity index (χ4v) is 5.20. The summed E-state index contributed by atoms with van der Waals surface area (Å²) in [5, 5.41) is 19.6. The van der Waals surface area contributed by atoms with Gasteiger partial charge in [0.25, 0.3) is 5.91 Å². The normalized spacial score (nSPS) is 18.9. The standard InChI is InChI=1S/C21H26N4O4S2/c1-14-19(20(27)24-31(2,28)29)23-21(30-14)25(17-8-6-16(13-22)7-9-17)11-10-15-4-3-5-18(26)12-15/h6-9,15,18,26H,3-5,10-12H2,1-2H3,(H,24,27). The number of carbonyl (C=O) groups is 1. The Kier molecular flexibility index (Phi) is 7.30. The summed E-state index contributed by atoms with van der Waals surface area (Å²) in [5.41, 5.74) is 1.46. The highest BCUT2D eigenvalue weighted by molar-refractivity contribution is 7.89. The highest BCUT2D eigenvalue weighted by Crippen LogP contribution is 2.34. The van der Waals surface area contributed by atoms with E-state index in [9.17, 15) is 18.3 Å². The molecule has 2 atom stereocenters. The molecule has 2 unspecified atom stereocenters. The predicted octanol–water partition coefficient (Wildman–Crippen LogP) is 3.09. The Morgan fingerprint density at radius 1 is 1.35 bits per heavy atom. The number of benzene rings is 1. The minimum Gasteiger partial charge on any atom is -0.393 e. The van der Waals surface area contributed by atoms with Crippen molar-refractivity contribution in [3.63, 3.8) is 0 Å². The zero-order valence-corrected chi connectivity index (χ0v) is 19.2. The molecule has 1 saturated carbocycles. The maximum Gasteiger partial charge on any atom is 0.284 e. The van der Waals surface area contributed by atoms with Crippen LogP contribution in [0.1, 0.15) is 53.0 Å². The summed E-state index contributed by atoms with van der Waals surface area (Å²) in [5.74, 6) is -0.351. The van der Waals surface area contributed by atoms with E-state index in [1.54, 1.807) is 19.1 Å². The van der Waals surface area contributed by atoms with Gasteiger partial charge in [-0.05, 0) is 56.4 Å². The Labute approximate surface area is 186 Å². The number of nitrogens with zero attached hydrogens (tertiary/aromatic N) is 3. The maximum atomic E-state index is 12.3. The minimum atomic E-state index is -3.69. The SMILES string of the molecule is Cc1sc(N(CCC2CCCC(O)C2)c2ccc(C#N)cc2)nc1C(=O)NS(C)(=O)=O. The summed E-state index contributed by atoms with van der Waals surface area (Å²) in [4.78, 5) is 19.4. The van der Waals surface area contributed by atoms with Crippen LogP contribution in [0.25, 0.3) is 0 Å². The van der Waals surface area contributed by atoms with E-state index in [0.717, 1.165) is 44.0 Å². The van der Waals surface area contributed by atoms with Crippen molar-refractivity contribution in [2.24, 2.45) is 5.92 Å². The molecule has 2 N–H and O–H groups in total. The van der Waals surface area contributed by atoms with E-state index in [2.05, 4.69) is 11.1 Å². The molecule has 1 aromatic carbocycles. The largest absolute Gasteiger partial charge is 0.393 e. The number of hydrogen-bond acceptors (Lipinski definition) is 8. The first-order valence-electron chi connectivity index (χ1n) is 10.1. The third kappa shape index (κ3) is 6.26. The van der Waals surface area contributed by atoms with Crippen LogP contribution in [0.4, 0.5) is 10.8 Å². The number of hydrogen-bond donors (Lipinski definition) is 2. The fourth-order valence-electron chi connectivity index (χ4n) is 3.81. The number of nitrogens with one attached hydrogen (secondary N) is 1. The van der Waals surface area contributed by atoms with Gasteiger partial charge in [0.1, 0.15) is 5.69 Å². The van der Waals surface area contributed by atoms with Gasteiger partial charge in [-0.2, -0.15) is 5.26 Å². The summed E-state index contributed by atoms with van der Waals surface area (Å²) in [6.45, 7) is 2.36. The van der Waals surface area contributed by atoms with E-state index >= 15 is 0 Å². The molecule has 0 spiro atoms. The zero-order valence-electron chi connectivity index (χ0n) is 17.5. The van der Waals surface area contributed by atoms with Gasteiger partial charge >= 0.3 is 0 Å². The topological polar surface area (TPSA) is 123 Å². The van der Waals surface area contributed by atoms with Crippen LogP contribution in [-0.4, -0.2) is 43.3 Å². The number of rotatable bonds is 7. The number of aryl methyl sites for hydroxylation is 1. The van der Waals surface area contributed by atoms with E-state index < -0.39 is 15.9 Å². The summed E-state index contributed by atoms with van der Waals surface area (Å²) >= 11 is 1.31. The number of aliphatic hydroxyl groups excluding tert-OH is 1. The van der Waals surface area contributed by atoms with Gasteiger partial charge in [0.2, 0.25) is 10.0 Å². The lowest BCUT2D eigenvalue weighted by Crippen LogP contribution is -2.30. The summed E-state index contributed by atoms with van der Waals surface area (Å²) in [6.07, 6.45) is 5.22. The zero-order chi connectivity index (χ0) is 22.6. The molecular weight excluding hydrogens is 436 g/mol. The lowest BCUT2D eigenvalue weighted by atomic mass is 9.85. The highest BCUT2D eigenvalue weighted by Gasteiger charge is 2.24. The van der Waals surface area contributed by atoms with E-state index in [1.807, 2.05) is 21.8 Å². The second kappa shape index (κ2) is 9.77. The smallest absolute Gasteiger partial charge is 0.284 e. The number of anilines is 2. The molecule has 1 aliphatic carbocycles. The van der Waals surface area contributed by atoms with Crippen molar-refractivity contribution in [2.45, 2.75) is 45.1 Å². The van der Waals surface area contributed by atoms with Crippen LogP contribution < -0.4 is 9.62 Å². The van der Waals surface area contributed by atoms with Crippen LogP contribution in [0.5, 0.6) is 0 Å². The average molecular weight is 463 g/mol. The molecule has 1 amide bonds. The molecule has 3 rings (SSSR count). The second-order valence-electron chi connectivity index (χ2n) is 7.89. The van der Waals surface area contributed by atoms with Crippen LogP contribution in [-0.2, 0) is 10.0 Å². The molecule has 0 bridgehead atoms. The van der Waals surface area contributed by atoms with Gasteiger partial charge in [-0.3, -0.25) is 4.79 Å². The van der Waals surface area contributed by atoms with Gasteiger partial charge in [-0.25, -0.2) is 18.1 Å². The van der Waals surface area contributed by atoms with Crippen LogP contribution in [0.3, 0.4) is 0 Å². The molecule has 0 radical (unpaired) electrons. The number of aliphatic hydroxyl groups is 1. The Morgan fingerprint density at radius 2 is 2.06 bits per heavy atom. The third-order valence-corrected chi connectivity index (χ3v) is 6.88. The Bertz CT molecular complexity index is 1070. The second-order valence-corrected chi connectivity index (χ2v) is 10.8. The molecule has 1 aromatic heterocycles. The Balaban J connectivity index is 1.87. The van der Waals surface area contributed by atoms with Gasteiger partial charge in [0.15, 0.2) is 5.13 Å². The van der Waals surface area contributed by atoms with Crippen molar-refractivity contribution in [3.8, 4) is 6.07 Å². The summed E-state index contributed by atoms with van der Waals surface area (Å²) in [7, 11) is -3.69. The minimum absolute atomic E-state index is 0.0807. The first-order valence-corrected chi connectivity index (χ1v) is 12.8. The summed E-state index contributed by atoms with van der Waals surface area (Å²) in [6, 6.07) is 9.22. The van der Waals surface area contributed by atoms with Crippen molar-refractivity contribution >= 4 is 38.1 Å². The van der Waals surface area contributed by atoms with Crippen LogP contribution >= 0.6 is 11.3 Å². The van der Waals surface area contributed by atoms with Crippen LogP contribution in [0, 0.1) is 24.2 Å². The summed E-state index contributed by atoms with van der Waals surface area (Å²) < 4.78 is 24.8. The van der Waals surface area contributed by atoms with E-state index in [4.69, 9.17) is 5.26 Å². The quantitative estimate of drug-likeness (QED) is 0.648. The average Bonchev–Trinajstić information content (AvgIpc) is 3.09. The lowest BCUT2D eigenvalue weighted by molar-refractivity contribution is 0.0974. The molecule has 1 aliphatic rings. The van der Waals surface area contributed by atoms with Gasteiger partial charge in [0, 0.05) is 17.1 Å². The van der Waals surface area contributed by atoms with Gasteiger partial charge in [-0.1, -0.05) is 12.8 Å². The van der Waals surface area contributed by atoms with Gasteiger partial charge in [-0.15, -0.1) is 11.3 Å². The van der Waals surface area contributed by atoms with E-state index in [-0.39, 0.29) is 11.8 Å². The van der Waals surface area contributed by atoms with Crippen molar-refractivity contribution in [1.82, 2.24) is 9.71 Å². The molecule has 8 nitrogen and oxygen atoms in total. The third-order valence-electron chi connectivity index (χ3n) is 5.33. The molecule has 1 heterocycles. The molecule has 31 heavy (non-hydrogen) atoms. The molecule has 166 valence electrons. The van der Waals surface area contributed by atoms with Crippen LogP contribution in [0.15, 0.2) is 24.3 Å². The number of amides is 1. The number of sulfonamides is 1. The van der Waals surface area contributed by atoms with E-state index in [1.165, 1.54) is 11.3 Å². The molecule has 10 heteroatoms. The monoisotopic (exact) mass is 462 g/mol. The first kappa shape index (κ1) is 23.2. The van der Waals surface area contributed by atoms with Gasteiger partial charge < -0.3 is 10.0 Å². The first-order chi connectivity index (χ1) is 14.7. The highest BCUT2D eigenvalue weighted by atomic mass is 32.2. The van der Waals surface area contributed by atoms with Gasteiger partial charge in [0.05, 0.1) is 24.0 Å². The molecule has 0 aliphatic heterocycles. The molecule has 1 fully saturated rings. The number of carbonyl (C=O) groups excluding carboxylic acids is 1. The number of nitriles is 1. The van der Waals surface area contributed by atoms with Crippen molar-refractivity contribution in [2.75, 3.05) is 17.7 Å². The molecule has 2 aromatic rings. The Morgan fingerprint density at radius 3 is 2.68 bits per heavy atom. The lowest BCUT2D eigenvalue weighted by Gasteiger charge is -2.29. The van der Waals surface area contributed by atoms with Crippen molar-refractivity contribution in [3.05, 3.63) is 40.4 Å². The Hall–Kier alpha value is -2.48. The molecule has 0 saturated heterocycles. The maximum absolute atomic E-state index is 12.3. The predicted molar refractivity (Wildman–Crippen MR) is 120 cm³/mol. The number of aromatic nitrogens is 1. The molecular formula is C21H26N4O4S2. The van der Waals surface area contributed by atoms with E-state index in [0.29, 0.717) is 28.0 Å².